The van der Waals surface area contributed by atoms with Gasteiger partial charge in [0.2, 0.25) is 15.9 Å². The van der Waals surface area contributed by atoms with Gasteiger partial charge in [0.25, 0.3) is 0 Å². The van der Waals surface area contributed by atoms with Crippen molar-refractivity contribution in [2.45, 2.75) is 11.7 Å². The van der Waals surface area contributed by atoms with Gasteiger partial charge in [0.1, 0.15) is 10.9 Å². The molecule has 1 fully saturated rings. The molecule has 0 aliphatic carbocycles. The average molecular weight is 311 g/mol. The predicted molar refractivity (Wildman–Crippen MR) is 65.2 cm³/mol. The summed E-state index contributed by atoms with van der Waals surface area (Å²) in [7, 11) is -3.94. The van der Waals surface area contributed by atoms with E-state index in [1.54, 1.807) is 0 Å². The monoisotopic (exact) mass is 310 g/mol. The van der Waals surface area contributed by atoms with Crippen LogP contribution >= 0.6 is 11.6 Å². The van der Waals surface area contributed by atoms with Crippen molar-refractivity contribution in [1.82, 2.24) is 0 Å². The second-order valence-electron chi connectivity index (χ2n) is 4.14. The molecule has 0 bridgehead atoms. The summed E-state index contributed by atoms with van der Waals surface area (Å²) < 4.78 is 49.7. The Labute approximate surface area is 113 Å². The highest BCUT2D eigenvalue weighted by Gasteiger charge is 2.39. The van der Waals surface area contributed by atoms with Crippen LogP contribution in [0.2, 0.25) is 5.02 Å². The van der Waals surface area contributed by atoms with Crippen molar-refractivity contribution in [3.63, 3.8) is 0 Å². The Morgan fingerprint density at radius 3 is 2.26 bits per heavy atom. The van der Waals surface area contributed by atoms with Crippen LogP contribution in [0.25, 0.3) is 0 Å². The first kappa shape index (κ1) is 14.2. The molecule has 0 aromatic heterocycles. The minimum Gasteiger partial charge on any atom is -0.306 e. The Balaban J connectivity index is 2.42. The number of anilines is 1. The minimum absolute atomic E-state index is 0.159. The van der Waals surface area contributed by atoms with E-state index < -0.39 is 44.9 Å². The zero-order valence-electron chi connectivity index (χ0n) is 9.44. The van der Waals surface area contributed by atoms with Gasteiger partial charge in [-0.25, -0.2) is 22.3 Å². The third-order valence-electron chi connectivity index (χ3n) is 2.81. The number of hydrogen-bond acceptors (Lipinski definition) is 3. The Kier molecular flexibility index (Phi) is 3.50. The molecule has 0 radical (unpaired) electrons. The Hall–Kier alpha value is -1.25. The molecular weight excluding hydrogens is 302 g/mol. The molecule has 5 nitrogen and oxygen atoms in total. The number of rotatable bonds is 2. The van der Waals surface area contributed by atoms with E-state index in [9.17, 15) is 22.0 Å². The third-order valence-corrected chi connectivity index (χ3v) is 4.27. The van der Waals surface area contributed by atoms with Gasteiger partial charge in [-0.3, -0.25) is 4.79 Å². The molecule has 1 aliphatic rings. The van der Waals surface area contributed by atoms with E-state index in [4.69, 9.17) is 16.7 Å². The second-order valence-corrected chi connectivity index (χ2v) is 6.42. The van der Waals surface area contributed by atoms with E-state index in [0.717, 1.165) is 17.0 Å². The molecule has 1 amide bonds. The van der Waals surface area contributed by atoms with Gasteiger partial charge in [0, 0.05) is 18.0 Å². The van der Waals surface area contributed by atoms with Crippen LogP contribution in [0.3, 0.4) is 0 Å². The zero-order valence-corrected chi connectivity index (χ0v) is 11.0. The number of nitrogens with two attached hydrogens (primary N) is 1. The summed E-state index contributed by atoms with van der Waals surface area (Å²) in [5.74, 6) is -2.78. The fourth-order valence-corrected chi connectivity index (χ4v) is 2.83. The quantitative estimate of drug-likeness (QED) is 0.885. The maximum Gasteiger partial charge on any atom is 0.228 e. The van der Waals surface area contributed by atoms with E-state index >= 15 is 0 Å². The predicted octanol–water partition coefficient (Wildman–Crippen LogP) is 1.01. The van der Waals surface area contributed by atoms with Gasteiger partial charge < -0.3 is 4.90 Å². The molecule has 9 heteroatoms. The van der Waals surface area contributed by atoms with E-state index in [-0.39, 0.29) is 11.6 Å². The number of primary sulfonamides is 1. The maximum atomic E-state index is 13.7. The van der Waals surface area contributed by atoms with Crippen LogP contribution in [0.15, 0.2) is 12.1 Å². The topological polar surface area (TPSA) is 80.5 Å². The molecule has 0 spiro atoms. The van der Waals surface area contributed by atoms with Crippen LogP contribution in [-0.2, 0) is 14.8 Å². The summed E-state index contributed by atoms with van der Waals surface area (Å²) in [5, 5.41) is 3.60. The molecule has 1 atom stereocenters. The van der Waals surface area contributed by atoms with Crippen molar-refractivity contribution < 1.29 is 22.0 Å². The second kappa shape index (κ2) is 4.69. The molecule has 104 valence electrons. The van der Waals surface area contributed by atoms with Gasteiger partial charge in [-0.15, -0.1) is 0 Å². The summed E-state index contributed by atoms with van der Waals surface area (Å²) in [4.78, 5) is 12.4. The fourth-order valence-electron chi connectivity index (χ4n) is 1.90. The van der Waals surface area contributed by atoms with Crippen molar-refractivity contribution >= 4 is 33.2 Å². The van der Waals surface area contributed by atoms with Gasteiger partial charge in [-0.2, -0.15) is 0 Å². The first-order chi connectivity index (χ1) is 8.70. The lowest BCUT2D eigenvalue weighted by molar-refractivity contribution is -0.117. The maximum absolute atomic E-state index is 13.7. The molecule has 2 rings (SSSR count). The van der Waals surface area contributed by atoms with E-state index in [0.29, 0.717) is 0 Å². The van der Waals surface area contributed by atoms with Crippen molar-refractivity contribution in [2.24, 2.45) is 5.14 Å². The SMILES string of the molecule is NS(=O)(=O)C1CC(=O)N(c2c(F)cc(Cl)cc2F)C1. The van der Waals surface area contributed by atoms with Crippen molar-refractivity contribution in [3.8, 4) is 0 Å². The van der Waals surface area contributed by atoms with Crippen LogP contribution in [-0.4, -0.2) is 26.1 Å². The first-order valence-corrected chi connectivity index (χ1v) is 7.15. The van der Waals surface area contributed by atoms with Gasteiger partial charge in [0.15, 0.2) is 11.6 Å². The van der Waals surface area contributed by atoms with Crippen LogP contribution in [0.1, 0.15) is 6.42 Å². The Morgan fingerprint density at radius 2 is 1.84 bits per heavy atom. The van der Waals surface area contributed by atoms with Gasteiger partial charge in [0.05, 0.1) is 0 Å². The highest BCUT2D eigenvalue weighted by Crippen LogP contribution is 2.31. The third kappa shape index (κ3) is 2.70. The van der Waals surface area contributed by atoms with Crippen LogP contribution < -0.4 is 10.0 Å². The summed E-state index contributed by atoms with van der Waals surface area (Å²) in [6, 6.07) is 1.69. The smallest absolute Gasteiger partial charge is 0.228 e. The molecule has 0 saturated carbocycles. The molecular formula is C10H9ClF2N2O3S. The summed E-state index contributed by atoms with van der Waals surface area (Å²) in [5.41, 5.74) is -0.611. The molecule has 1 heterocycles. The summed E-state index contributed by atoms with van der Waals surface area (Å²) >= 11 is 5.47. The van der Waals surface area contributed by atoms with E-state index in [1.165, 1.54) is 0 Å². The van der Waals surface area contributed by atoms with Crippen molar-refractivity contribution in [3.05, 3.63) is 28.8 Å². The Morgan fingerprint density at radius 1 is 1.32 bits per heavy atom. The number of nitrogens with zero attached hydrogens (tertiary/aromatic N) is 1. The number of carbonyl (C=O) groups is 1. The fraction of sp³-hybridized carbons (Fsp3) is 0.300. The van der Waals surface area contributed by atoms with E-state index in [2.05, 4.69) is 0 Å². The largest absolute Gasteiger partial charge is 0.306 e. The molecule has 1 saturated heterocycles. The standard InChI is InChI=1S/C10H9ClF2N2O3S/c11-5-1-7(12)10(8(13)2-5)15-4-6(3-9(15)16)19(14,17)18/h1-2,6H,3-4H2,(H2,14,17,18). The summed E-state index contributed by atoms with van der Waals surface area (Å²) in [6.45, 7) is -0.382. The average Bonchev–Trinajstić information content (AvgIpc) is 2.59. The molecule has 2 N–H and O–H groups in total. The normalized spacial score (nSPS) is 20.1. The van der Waals surface area contributed by atoms with Crippen molar-refractivity contribution in [2.75, 3.05) is 11.4 Å². The van der Waals surface area contributed by atoms with Gasteiger partial charge in [-0.1, -0.05) is 11.6 Å². The number of hydrogen-bond donors (Lipinski definition) is 1. The lowest BCUT2D eigenvalue weighted by Crippen LogP contribution is -2.32. The molecule has 1 aliphatic heterocycles. The molecule has 19 heavy (non-hydrogen) atoms. The van der Waals surface area contributed by atoms with E-state index in [1.807, 2.05) is 0 Å². The summed E-state index contributed by atoms with van der Waals surface area (Å²) in [6.07, 6.45) is -0.402. The zero-order chi connectivity index (χ0) is 14.4. The highest BCUT2D eigenvalue weighted by molar-refractivity contribution is 7.89. The highest BCUT2D eigenvalue weighted by atomic mass is 35.5. The van der Waals surface area contributed by atoms with Crippen LogP contribution in [0.5, 0.6) is 0 Å². The lowest BCUT2D eigenvalue weighted by Gasteiger charge is -2.18. The molecule has 1 aromatic carbocycles. The Bertz CT molecular complexity index is 627. The molecule has 1 unspecified atom stereocenters. The number of halogens is 3. The number of sulfonamides is 1. The lowest BCUT2D eigenvalue weighted by atomic mass is 10.2. The van der Waals surface area contributed by atoms with Crippen molar-refractivity contribution in [1.29, 1.82) is 0 Å². The van der Waals surface area contributed by atoms with Crippen LogP contribution in [0, 0.1) is 11.6 Å². The number of carbonyl (C=O) groups excluding carboxylic acids is 1. The first-order valence-electron chi connectivity index (χ1n) is 5.16. The minimum atomic E-state index is -3.94. The number of benzene rings is 1. The molecule has 1 aromatic rings. The van der Waals surface area contributed by atoms with Gasteiger partial charge in [-0.05, 0) is 12.1 Å². The van der Waals surface area contributed by atoms with Crippen LogP contribution in [0.4, 0.5) is 14.5 Å². The number of amides is 1. The van der Waals surface area contributed by atoms with Gasteiger partial charge >= 0.3 is 0 Å².